The molecule has 0 saturated carbocycles. The van der Waals surface area contributed by atoms with Crippen molar-refractivity contribution in [2.45, 2.75) is 25.8 Å². The Labute approximate surface area is 91.4 Å². The van der Waals surface area contributed by atoms with Crippen molar-refractivity contribution in [2.75, 3.05) is 13.7 Å². The van der Waals surface area contributed by atoms with Crippen LogP contribution >= 0.6 is 0 Å². The summed E-state index contributed by atoms with van der Waals surface area (Å²) in [7, 11) is 1.68. The zero-order chi connectivity index (χ0) is 11.4. The Hall–Kier alpha value is -1.06. The lowest BCUT2D eigenvalue weighted by Crippen LogP contribution is -2.20. The van der Waals surface area contributed by atoms with Crippen LogP contribution in [0.15, 0.2) is 18.2 Å². The number of rotatable bonds is 4. The molecule has 1 atom stereocenters. The van der Waals surface area contributed by atoms with E-state index >= 15 is 0 Å². The average Bonchev–Trinajstić information content (AvgIpc) is 2.27. The summed E-state index contributed by atoms with van der Waals surface area (Å²) in [6.45, 7) is 4.73. The van der Waals surface area contributed by atoms with Gasteiger partial charge in [-0.1, -0.05) is 26.0 Å². The van der Waals surface area contributed by atoms with Gasteiger partial charge < -0.3 is 16.2 Å². The third kappa shape index (κ3) is 2.70. The topological polar surface area (TPSA) is 61.3 Å². The molecular weight excluding hydrogens is 188 g/mol. The molecule has 0 fully saturated rings. The van der Waals surface area contributed by atoms with E-state index in [0.29, 0.717) is 12.5 Å². The van der Waals surface area contributed by atoms with Gasteiger partial charge in [-0.15, -0.1) is 0 Å². The fourth-order valence-corrected chi connectivity index (χ4v) is 1.57. The first-order chi connectivity index (χ1) is 7.10. The van der Waals surface area contributed by atoms with Gasteiger partial charge in [0.25, 0.3) is 0 Å². The monoisotopic (exact) mass is 208 g/mol. The van der Waals surface area contributed by atoms with Gasteiger partial charge in [0.1, 0.15) is 5.75 Å². The first-order valence-electron chi connectivity index (χ1n) is 5.23. The molecule has 0 saturated heterocycles. The zero-order valence-electron chi connectivity index (χ0n) is 9.66. The van der Waals surface area contributed by atoms with Gasteiger partial charge in [-0.25, -0.2) is 0 Å². The van der Waals surface area contributed by atoms with Crippen LogP contribution in [0.5, 0.6) is 5.75 Å². The van der Waals surface area contributed by atoms with Gasteiger partial charge >= 0.3 is 0 Å². The standard InChI is InChI=1S/C12H20N2O/c1-8(2)10-6-9(11(14)7-13)4-5-12(10)15-3/h4-6,8,11H,7,13-14H2,1-3H3. The molecule has 0 heterocycles. The number of methoxy groups -OCH3 is 1. The number of hydrogen-bond acceptors (Lipinski definition) is 3. The summed E-state index contributed by atoms with van der Waals surface area (Å²) in [6, 6.07) is 5.93. The number of hydrogen-bond donors (Lipinski definition) is 2. The summed E-state index contributed by atoms with van der Waals surface area (Å²) in [5, 5.41) is 0. The van der Waals surface area contributed by atoms with Gasteiger partial charge in [0, 0.05) is 12.6 Å². The normalized spacial score (nSPS) is 12.9. The fourth-order valence-electron chi connectivity index (χ4n) is 1.57. The van der Waals surface area contributed by atoms with Crippen molar-refractivity contribution >= 4 is 0 Å². The maximum Gasteiger partial charge on any atom is 0.122 e. The van der Waals surface area contributed by atoms with Gasteiger partial charge in [-0.3, -0.25) is 0 Å². The van der Waals surface area contributed by atoms with Crippen LogP contribution < -0.4 is 16.2 Å². The van der Waals surface area contributed by atoms with E-state index in [1.165, 1.54) is 5.56 Å². The first kappa shape index (κ1) is 12.0. The van der Waals surface area contributed by atoms with Crippen molar-refractivity contribution in [1.29, 1.82) is 0 Å². The van der Waals surface area contributed by atoms with Crippen LogP contribution in [0, 0.1) is 0 Å². The number of benzene rings is 1. The minimum absolute atomic E-state index is 0.0894. The fraction of sp³-hybridized carbons (Fsp3) is 0.500. The molecule has 0 aliphatic carbocycles. The molecule has 0 aliphatic rings. The first-order valence-corrected chi connectivity index (χ1v) is 5.23. The number of ether oxygens (including phenoxy) is 1. The molecule has 0 radical (unpaired) electrons. The summed E-state index contributed by atoms with van der Waals surface area (Å²) in [5.41, 5.74) is 13.7. The summed E-state index contributed by atoms with van der Waals surface area (Å²) in [6.07, 6.45) is 0. The summed E-state index contributed by atoms with van der Waals surface area (Å²) in [5.74, 6) is 1.34. The van der Waals surface area contributed by atoms with Crippen LogP contribution in [0.1, 0.15) is 36.9 Å². The van der Waals surface area contributed by atoms with E-state index in [0.717, 1.165) is 11.3 Å². The van der Waals surface area contributed by atoms with Crippen LogP contribution in [0.25, 0.3) is 0 Å². The SMILES string of the molecule is COc1ccc(C(N)CN)cc1C(C)C. The summed E-state index contributed by atoms with van der Waals surface area (Å²) >= 11 is 0. The van der Waals surface area contributed by atoms with E-state index in [2.05, 4.69) is 19.9 Å². The molecule has 0 spiro atoms. The third-order valence-electron chi connectivity index (χ3n) is 2.56. The van der Waals surface area contributed by atoms with Gasteiger partial charge in [0.05, 0.1) is 7.11 Å². The second-order valence-electron chi connectivity index (χ2n) is 4.00. The molecule has 1 aromatic rings. The molecule has 3 nitrogen and oxygen atoms in total. The Balaban J connectivity index is 3.10. The molecule has 0 amide bonds. The van der Waals surface area contributed by atoms with Crippen molar-refractivity contribution in [3.8, 4) is 5.75 Å². The van der Waals surface area contributed by atoms with Gasteiger partial charge in [-0.05, 0) is 23.1 Å². The van der Waals surface area contributed by atoms with E-state index in [1.807, 2.05) is 12.1 Å². The van der Waals surface area contributed by atoms with E-state index in [9.17, 15) is 0 Å². The average molecular weight is 208 g/mol. The molecule has 1 unspecified atom stereocenters. The Morgan fingerprint density at radius 3 is 2.47 bits per heavy atom. The maximum absolute atomic E-state index is 5.89. The van der Waals surface area contributed by atoms with Crippen LogP contribution in [-0.2, 0) is 0 Å². The minimum Gasteiger partial charge on any atom is -0.496 e. The van der Waals surface area contributed by atoms with Crippen molar-refractivity contribution < 1.29 is 4.74 Å². The van der Waals surface area contributed by atoms with E-state index in [-0.39, 0.29) is 6.04 Å². The highest BCUT2D eigenvalue weighted by Crippen LogP contribution is 2.28. The molecule has 0 bridgehead atoms. The largest absolute Gasteiger partial charge is 0.496 e. The van der Waals surface area contributed by atoms with Crippen LogP contribution in [0.4, 0.5) is 0 Å². The summed E-state index contributed by atoms with van der Waals surface area (Å²) < 4.78 is 5.30. The van der Waals surface area contributed by atoms with Crippen molar-refractivity contribution in [3.05, 3.63) is 29.3 Å². The van der Waals surface area contributed by atoms with E-state index in [1.54, 1.807) is 7.11 Å². The van der Waals surface area contributed by atoms with Crippen LogP contribution in [0.2, 0.25) is 0 Å². The second-order valence-corrected chi connectivity index (χ2v) is 4.00. The Morgan fingerprint density at radius 1 is 1.33 bits per heavy atom. The third-order valence-corrected chi connectivity index (χ3v) is 2.56. The van der Waals surface area contributed by atoms with Crippen molar-refractivity contribution in [1.82, 2.24) is 0 Å². The zero-order valence-corrected chi connectivity index (χ0v) is 9.66. The number of nitrogens with two attached hydrogens (primary N) is 2. The van der Waals surface area contributed by atoms with E-state index in [4.69, 9.17) is 16.2 Å². The van der Waals surface area contributed by atoms with Crippen molar-refractivity contribution in [3.63, 3.8) is 0 Å². The van der Waals surface area contributed by atoms with Gasteiger partial charge in [-0.2, -0.15) is 0 Å². The molecule has 0 aliphatic heterocycles. The molecule has 84 valence electrons. The van der Waals surface area contributed by atoms with Crippen LogP contribution in [0.3, 0.4) is 0 Å². The molecule has 4 N–H and O–H groups in total. The molecule has 15 heavy (non-hydrogen) atoms. The van der Waals surface area contributed by atoms with Gasteiger partial charge in [0.2, 0.25) is 0 Å². The Morgan fingerprint density at radius 2 is 2.00 bits per heavy atom. The summed E-state index contributed by atoms with van der Waals surface area (Å²) in [4.78, 5) is 0. The van der Waals surface area contributed by atoms with Gasteiger partial charge in [0.15, 0.2) is 0 Å². The highest BCUT2D eigenvalue weighted by molar-refractivity contribution is 5.40. The minimum atomic E-state index is -0.0894. The Bertz CT molecular complexity index is 323. The Kier molecular flexibility index (Phi) is 4.12. The predicted molar refractivity (Wildman–Crippen MR) is 63.1 cm³/mol. The molecular formula is C12H20N2O. The second kappa shape index (κ2) is 5.14. The quantitative estimate of drug-likeness (QED) is 0.792. The maximum atomic E-state index is 5.89. The molecule has 0 aromatic heterocycles. The lowest BCUT2D eigenvalue weighted by atomic mass is 9.97. The smallest absolute Gasteiger partial charge is 0.122 e. The van der Waals surface area contributed by atoms with E-state index < -0.39 is 0 Å². The predicted octanol–water partition coefficient (Wildman–Crippen LogP) is 1.78. The highest BCUT2D eigenvalue weighted by Gasteiger charge is 2.11. The molecule has 1 aromatic carbocycles. The van der Waals surface area contributed by atoms with Crippen molar-refractivity contribution in [2.24, 2.45) is 11.5 Å². The highest BCUT2D eigenvalue weighted by atomic mass is 16.5. The van der Waals surface area contributed by atoms with Crippen LogP contribution in [-0.4, -0.2) is 13.7 Å². The lowest BCUT2D eigenvalue weighted by Gasteiger charge is -2.16. The lowest BCUT2D eigenvalue weighted by molar-refractivity contribution is 0.407. The molecule has 3 heteroatoms. The molecule has 1 rings (SSSR count).